The number of benzene rings is 3. The molecule has 4 nitrogen and oxygen atoms in total. The van der Waals surface area contributed by atoms with Crippen LogP contribution < -0.4 is 5.43 Å². The first-order valence-corrected chi connectivity index (χ1v) is 7.68. The van der Waals surface area contributed by atoms with Gasteiger partial charge in [-0.25, -0.2) is 9.82 Å². The van der Waals surface area contributed by atoms with E-state index in [2.05, 4.69) is 10.5 Å². The van der Waals surface area contributed by atoms with Gasteiger partial charge in [0.05, 0.1) is 17.3 Å². The number of nitrogens with one attached hydrogen (secondary N) is 1. The number of hydrogen-bond donors (Lipinski definition) is 2. The van der Waals surface area contributed by atoms with Gasteiger partial charge in [0.15, 0.2) is 0 Å². The van der Waals surface area contributed by atoms with E-state index in [1.54, 1.807) is 24.3 Å². The van der Waals surface area contributed by atoms with Crippen molar-refractivity contribution in [3.63, 3.8) is 0 Å². The molecule has 0 aliphatic heterocycles. The van der Waals surface area contributed by atoms with Crippen LogP contribution in [0.1, 0.15) is 21.5 Å². The number of hydrogen-bond acceptors (Lipinski definition) is 3. The average molecular weight is 376 g/mol. The monoisotopic (exact) mass is 376 g/mol. The van der Waals surface area contributed by atoms with Crippen LogP contribution in [0.15, 0.2) is 59.7 Å². The standard InChI is InChI=1S/C19H12F4N2O2/c20-17-13(6-3-7-15(17)19(21,22)23)10-24-25-18(27)14-8-11-4-1-2-5-12(11)9-16(14)26/h1-10,26H,(H,25,27)/b24-10+. The van der Waals surface area contributed by atoms with Gasteiger partial charge >= 0.3 is 6.18 Å². The zero-order chi connectivity index (χ0) is 19.6. The number of aromatic hydroxyl groups is 1. The molecule has 3 aromatic rings. The van der Waals surface area contributed by atoms with Gasteiger partial charge in [0.1, 0.15) is 11.6 Å². The smallest absolute Gasteiger partial charge is 0.419 e. The summed E-state index contributed by atoms with van der Waals surface area (Å²) in [6.07, 6.45) is -4.07. The lowest BCUT2D eigenvalue weighted by Crippen LogP contribution is -2.18. The summed E-state index contributed by atoms with van der Waals surface area (Å²) in [5.41, 5.74) is 0.124. The van der Waals surface area contributed by atoms with Gasteiger partial charge in [0, 0.05) is 5.56 Å². The lowest BCUT2D eigenvalue weighted by Gasteiger charge is -2.09. The second-order valence-electron chi connectivity index (χ2n) is 5.62. The first kappa shape index (κ1) is 18.4. The number of fused-ring (bicyclic) bond motifs is 1. The molecular formula is C19H12F4N2O2. The van der Waals surface area contributed by atoms with Gasteiger partial charge in [-0.3, -0.25) is 4.79 Å². The third-order valence-corrected chi connectivity index (χ3v) is 3.81. The normalized spacial score (nSPS) is 11.9. The van der Waals surface area contributed by atoms with Crippen LogP contribution in [-0.2, 0) is 6.18 Å². The highest BCUT2D eigenvalue weighted by molar-refractivity contribution is 6.01. The summed E-state index contributed by atoms with van der Waals surface area (Å²) in [6.45, 7) is 0. The summed E-state index contributed by atoms with van der Waals surface area (Å²) < 4.78 is 52.0. The van der Waals surface area contributed by atoms with Gasteiger partial charge in [0.25, 0.3) is 5.91 Å². The zero-order valence-corrected chi connectivity index (χ0v) is 13.6. The number of alkyl halides is 3. The fourth-order valence-electron chi connectivity index (χ4n) is 2.50. The first-order valence-electron chi connectivity index (χ1n) is 7.68. The molecule has 1 amide bonds. The summed E-state index contributed by atoms with van der Waals surface area (Å²) in [6, 6.07) is 12.6. The van der Waals surface area contributed by atoms with Gasteiger partial charge < -0.3 is 5.11 Å². The number of phenolic OH excluding ortho intramolecular Hbond substituents is 1. The van der Waals surface area contributed by atoms with Crippen LogP contribution in [-0.4, -0.2) is 17.2 Å². The van der Waals surface area contributed by atoms with Crippen LogP contribution in [0.4, 0.5) is 17.6 Å². The largest absolute Gasteiger partial charge is 0.507 e. The van der Waals surface area contributed by atoms with E-state index in [0.717, 1.165) is 23.7 Å². The number of hydrazone groups is 1. The van der Waals surface area contributed by atoms with Crippen molar-refractivity contribution < 1.29 is 27.5 Å². The fourth-order valence-corrected chi connectivity index (χ4v) is 2.50. The molecule has 27 heavy (non-hydrogen) atoms. The molecule has 3 aromatic carbocycles. The summed E-state index contributed by atoms with van der Waals surface area (Å²) in [5.74, 6) is -2.56. The van der Waals surface area contributed by atoms with Crippen molar-refractivity contribution in [1.29, 1.82) is 0 Å². The Labute approximate surface area is 150 Å². The van der Waals surface area contributed by atoms with Crippen molar-refractivity contribution in [2.75, 3.05) is 0 Å². The maximum Gasteiger partial charge on any atom is 0.419 e. The first-order chi connectivity index (χ1) is 12.8. The van der Waals surface area contributed by atoms with Crippen molar-refractivity contribution in [2.24, 2.45) is 5.10 Å². The highest BCUT2D eigenvalue weighted by atomic mass is 19.4. The Bertz CT molecular complexity index is 1050. The molecule has 0 aliphatic carbocycles. The van der Waals surface area contributed by atoms with Crippen molar-refractivity contribution >= 4 is 22.9 Å². The lowest BCUT2D eigenvalue weighted by molar-refractivity contribution is -0.140. The molecule has 0 radical (unpaired) electrons. The summed E-state index contributed by atoms with van der Waals surface area (Å²) in [7, 11) is 0. The topological polar surface area (TPSA) is 61.7 Å². The predicted octanol–water partition coefficient (Wildman–Crippen LogP) is 4.47. The van der Waals surface area contributed by atoms with Crippen LogP contribution in [0.2, 0.25) is 0 Å². The molecule has 0 atom stereocenters. The van der Waals surface area contributed by atoms with E-state index in [1.165, 1.54) is 12.1 Å². The van der Waals surface area contributed by atoms with Gasteiger partial charge in [-0.2, -0.15) is 18.3 Å². The third kappa shape index (κ3) is 3.89. The molecule has 8 heteroatoms. The third-order valence-electron chi connectivity index (χ3n) is 3.81. The minimum atomic E-state index is -4.84. The minimum absolute atomic E-state index is 0.0737. The quantitative estimate of drug-likeness (QED) is 0.403. The highest BCUT2D eigenvalue weighted by Gasteiger charge is 2.34. The van der Waals surface area contributed by atoms with Crippen molar-refractivity contribution in [1.82, 2.24) is 5.43 Å². The van der Waals surface area contributed by atoms with E-state index < -0.39 is 29.0 Å². The van der Waals surface area contributed by atoms with Gasteiger partial charge in [-0.05, 0) is 29.0 Å². The molecule has 0 aliphatic rings. The number of rotatable bonds is 3. The van der Waals surface area contributed by atoms with Gasteiger partial charge in [0.2, 0.25) is 0 Å². The van der Waals surface area contributed by atoms with Gasteiger partial charge in [-0.15, -0.1) is 0 Å². The molecule has 0 spiro atoms. The molecular weight excluding hydrogens is 364 g/mol. The minimum Gasteiger partial charge on any atom is -0.507 e. The number of halogens is 4. The molecule has 3 rings (SSSR count). The molecule has 0 unspecified atom stereocenters. The number of carbonyl (C=O) groups excluding carboxylic acids is 1. The molecule has 0 bridgehead atoms. The molecule has 0 aromatic heterocycles. The second-order valence-corrected chi connectivity index (χ2v) is 5.62. The van der Waals surface area contributed by atoms with Crippen molar-refractivity contribution in [3.8, 4) is 5.75 Å². The van der Waals surface area contributed by atoms with Crippen LogP contribution >= 0.6 is 0 Å². The lowest BCUT2D eigenvalue weighted by atomic mass is 10.1. The molecule has 0 fully saturated rings. The maximum absolute atomic E-state index is 13.9. The van der Waals surface area contributed by atoms with Crippen LogP contribution in [0.3, 0.4) is 0 Å². The van der Waals surface area contributed by atoms with Crippen molar-refractivity contribution in [3.05, 3.63) is 77.1 Å². The van der Waals surface area contributed by atoms with E-state index in [4.69, 9.17) is 0 Å². The Balaban J connectivity index is 1.81. The number of carbonyl (C=O) groups is 1. The molecule has 0 saturated heterocycles. The highest BCUT2D eigenvalue weighted by Crippen LogP contribution is 2.32. The number of phenols is 1. The Morgan fingerprint density at radius 2 is 1.70 bits per heavy atom. The van der Waals surface area contributed by atoms with Crippen LogP contribution in [0.5, 0.6) is 5.75 Å². The van der Waals surface area contributed by atoms with Crippen molar-refractivity contribution in [2.45, 2.75) is 6.18 Å². The van der Waals surface area contributed by atoms with Crippen LogP contribution in [0, 0.1) is 5.82 Å². The molecule has 0 saturated carbocycles. The SMILES string of the molecule is O=C(N/N=C/c1cccc(C(F)(F)F)c1F)c1cc2ccccc2cc1O. The Kier molecular flexibility index (Phi) is 4.81. The Hall–Kier alpha value is -3.42. The second kappa shape index (κ2) is 7.06. The molecule has 138 valence electrons. The predicted molar refractivity (Wildman–Crippen MR) is 92.1 cm³/mol. The zero-order valence-electron chi connectivity index (χ0n) is 13.6. The van der Waals surface area contributed by atoms with Gasteiger partial charge in [-0.1, -0.05) is 36.4 Å². The van der Waals surface area contributed by atoms with E-state index in [-0.39, 0.29) is 11.3 Å². The number of amides is 1. The summed E-state index contributed by atoms with van der Waals surface area (Å²) in [4.78, 5) is 12.2. The molecule has 0 heterocycles. The fraction of sp³-hybridized carbons (Fsp3) is 0.0526. The Morgan fingerprint density at radius 1 is 1.04 bits per heavy atom. The van der Waals surface area contributed by atoms with E-state index in [1.807, 2.05) is 0 Å². The van der Waals surface area contributed by atoms with E-state index >= 15 is 0 Å². The van der Waals surface area contributed by atoms with E-state index in [0.29, 0.717) is 11.5 Å². The molecule has 2 N–H and O–H groups in total. The average Bonchev–Trinajstić information content (AvgIpc) is 2.61. The summed E-state index contributed by atoms with van der Waals surface area (Å²) in [5, 5.41) is 14.9. The Morgan fingerprint density at radius 3 is 2.37 bits per heavy atom. The van der Waals surface area contributed by atoms with E-state index in [9.17, 15) is 27.5 Å². The van der Waals surface area contributed by atoms with Crippen LogP contribution in [0.25, 0.3) is 10.8 Å². The summed E-state index contributed by atoms with van der Waals surface area (Å²) >= 11 is 0. The maximum atomic E-state index is 13.9. The number of nitrogens with zero attached hydrogens (tertiary/aromatic N) is 1.